The molecule has 1 aliphatic heterocycles. The zero-order chi connectivity index (χ0) is 12.6. The van der Waals surface area contributed by atoms with E-state index in [2.05, 4.69) is 36.5 Å². The molecule has 3 rings (SSSR count). The third-order valence-electron chi connectivity index (χ3n) is 4.83. The average molecular weight is 245 g/mol. The molecule has 1 saturated heterocycles. The SMILES string of the molecule is Cc1ccc([C@@H]2NCC[C@]3(O)CCCC[C@@H]23)cc1. The quantitative estimate of drug-likeness (QED) is 0.797. The molecule has 1 aromatic rings. The standard InChI is InChI=1S/C16H23NO/c1-12-5-7-13(8-6-12)15-14-4-2-3-9-16(14,18)10-11-17-15/h5-8,14-15,17-18H,2-4,9-11H2,1H3/t14-,15-,16+/m0/s1. The number of rotatable bonds is 1. The molecule has 18 heavy (non-hydrogen) atoms. The summed E-state index contributed by atoms with van der Waals surface area (Å²) in [4.78, 5) is 0. The van der Waals surface area contributed by atoms with Crippen molar-refractivity contribution in [1.82, 2.24) is 5.32 Å². The number of nitrogens with one attached hydrogen (secondary N) is 1. The van der Waals surface area contributed by atoms with E-state index in [1.807, 2.05) is 0 Å². The molecule has 98 valence electrons. The van der Waals surface area contributed by atoms with Crippen LogP contribution in [-0.4, -0.2) is 17.3 Å². The summed E-state index contributed by atoms with van der Waals surface area (Å²) in [6.07, 6.45) is 5.51. The Hall–Kier alpha value is -0.860. The molecular weight excluding hydrogens is 222 g/mol. The lowest BCUT2D eigenvalue weighted by molar-refractivity contribution is -0.0861. The van der Waals surface area contributed by atoms with E-state index in [9.17, 15) is 5.11 Å². The second kappa shape index (κ2) is 4.67. The van der Waals surface area contributed by atoms with E-state index in [1.54, 1.807) is 0 Å². The smallest absolute Gasteiger partial charge is 0.0706 e. The topological polar surface area (TPSA) is 32.3 Å². The minimum Gasteiger partial charge on any atom is -0.389 e. The van der Waals surface area contributed by atoms with E-state index < -0.39 is 5.60 Å². The predicted molar refractivity (Wildman–Crippen MR) is 73.4 cm³/mol. The molecule has 1 aromatic carbocycles. The molecular formula is C16H23NO. The Labute approximate surface area is 109 Å². The van der Waals surface area contributed by atoms with Gasteiger partial charge in [0.1, 0.15) is 0 Å². The van der Waals surface area contributed by atoms with Crippen LogP contribution in [0, 0.1) is 12.8 Å². The molecule has 1 saturated carbocycles. The largest absolute Gasteiger partial charge is 0.389 e. The fourth-order valence-corrected chi connectivity index (χ4v) is 3.75. The Morgan fingerprint density at radius 3 is 2.72 bits per heavy atom. The summed E-state index contributed by atoms with van der Waals surface area (Å²) in [5, 5.41) is 14.5. The first-order valence-corrected chi connectivity index (χ1v) is 7.21. The maximum Gasteiger partial charge on any atom is 0.0706 e. The number of hydrogen-bond donors (Lipinski definition) is 2. The summed E-state index contributed by atoms with van der Waals surface area (Å²) in [5.74, 6) is 0.391. The third kappa shape index (κ3) is 2.08. The van der Waals surface area contributed by atoms with Crippen LogP contribution in [-0.2, 0) is 0 Å². The van der Waals surface area contributed by atoms with Crippen molar-refractivity contribution >= 4 is 0 Å². The van der Waals surface area contributed by atoms with Crippen LogP contribution in [0.1, 0.15) is 49.3 Å². The molecule has 2 heteroatoms. The molecule has 0 radical (unpaired) electrons. The highest BCUT2D eigenvalue weighted by Gasteiger charge is 2.45. The predicted octanol–water partition coefficient (Wildman–Crippen LogP) is 2.95. The molecule has 0 amide bonds. The van der Waals surface area contributed by atoms with E-state index in [0.717, 1.165) is 25.8 Å². The Bertz CT molecular complexity index is 410. The van der Waals surface area contributed by atoms with Gasteiger partial charge in [-0.2, -0.15) is 0 Å². The Morgan fingerprint density at radius 2 is 1.94 bits per heavy atom. The van der Waals surface area contributed by atoms with Crippen molar-refractivity contribution in [3.8, 4) is 0 Å². The van der Waals surface area contributed by atoms with Crippen LogP contribution in [0.15, 0.2) is 24.3 Å². The summed E-state index contributed by atoms with van der Waals surface area (Å²) >= 11 is 0. The molecule has 3 atom stereocenters. The maximum atomic E-state index is 10.8. The van der Waals surface area contributed by atoms with Gasteiger partial charge in [0.2, 0.25) is 0 Å². The first kappa shape index (κ1) is 12.2. The minimum absolute atomic E-state index is 0.338. The highest BCUT2D eigenvalue weighted by Crippen LogP contribution is 2.45. The van der Waals surface area contributed by atoms with Gasteiger partial charge in [-0.05, 0) is 38.3 Å². The molecule has 0 bridgehead atoms. The second-order valence-corrected chi connectivity index (χ2v) is 6.05. The second-order valence-electron chi connectivity index (χ2n) is 6.05. The lowest BCUT2D eigenvalue weighted by Gasteiger charge is -2.48. The number of piperidine rings is 1. The first-order valence-electron chi connectivity index (χ1n) is 7.21. The van der Waals surface area contributed by atoms with Crippen LogP contribution in [0.4, 0.5) is 0 Å². The number of aliphatic hydroxyl groups is 1. The first-order chi connectivity index (χ1) is 8.69. The van der Waals surface area contributed by atoms with Crippen molar-refractivity contribution in [3.05, 3.63) is 35.4 Å². The fourth-order valence-electron chi connectivity index (χ4n) is 3.75. The molecule has 2 nitrogen and oxygen atoms in total. The molecule has 0 spiro atoms. The van der Waals surface area contributed by atoms with E-state index in [4.69, 9.17) is 0 Å². The normalized spacial score (nSPS) is 36.1. The van der Waals surface area contributed by atoms with Crippen LogP contribution in [0.25, 0.3) is 0 Å². The summed E-state index contributed by atoms with van der Waals surface area (Å²) in [6.45, 7) is 3.06. The van der Waals surface area contributed by atoms with Crippen molar-refractivity contribution in [2.24, 2.45) is 5.92 Å². The van der Waals surface area contributed by atoms with E-state index >= 15 is 0 Å². The van der Waals surface area contributed by atoms with Crippen LogP contribution < -0.4 is 5.32 Å². The maximum absolute atomic E-state index is 10.8. The van der Waals surface area contributed by atoms with Gasteiger partial charge in [0.05, 0.1) is 5.60 Å². The molecule has 2 aliphatic rings. The van der Waals surface area contributed by atoms with Crippen LogP contribution in [0.5, 0.6) is 0 Å². The van der Waals surface area contributed by atoms with Crippen molar-refractivity contribution in [2.75, 3.05) is 6.54 Å². The van der Waals surface area contributed by atoms with Gasteiger partial charge in [0.25, 0.3) is 0 Å². The molecule has 1 aliphatic carbocycles. The van der Waals surface area contributed by atoms with Gasteiger partial charge >= 0.3 is 0 Å². The van der Waals surface area contributed by atoms with Crippen molar-refractivity contribution in [2.45, 2.75) is 50.7 Å². The third-order valence-corrected chi connectivity index (χ3v) is 4.83. The van der Waals surface area contributed by atoms with Gasteiger partial charge in [-0.15, -0.1) is 0 Å². The van der Waals surface area contributed by atoms with Crippen molar-refractivity contribution in [3.63, 3.8) is 0 Å². The highest BCUT2D eigenvalue weighted by atomic mass is 16.3. The summed E-state index contributed by atoms with van der Waals surface area (Å²) in [6, 6.07) is 9.12. The monoisotopic (exact) mass is 245 g/mol. The lowest BCUT2D eigenvalue weighted by atomic mass is 9.67. The van der Waals surface area contributed by atoms with Gasteiger partial charge in [-0.3, -0.25) is 0 Å². The fraction of sp³-hybridized carbons (Fsp3) is 0.625. The summed E-state index contributed by atoms with van der Waals surface area (Å²) < 4.78 is 0. The summed E-state index contributed by atoms with van der Waals surface area (Å²) in [5.41, 5.74) is 2.22. The Kier molecular flexibility index (Phi) is 3.16. The number of aryl methyl sites for hydroxylation is 1. The van der Waals surface area contributed by atoms with Crippen LogP contribution >= 0.6 is 0 Å². The van der Waals surface area contributed by atoms with E-state index in [0.29, 0.717) is 12.0 Å². The number of fused-ring (bicyclic) bond motifs is 1. The zero-order valence-corrected chi connectivity index (χ0v) is 11.2. The Balaban J connectivity index is 1.88. The van der Waals surface area contributed by atoms with E-state index in [1.165, 1.54) is 24.0 Å². The van der Waals surface area contributed by atoms with Gasteiger partial charge in [0.15, 0.2) is 0 Å². The molecule has 2 fully saturated rings. The minimum atomic E-state index is -0.418. The lowest BCUT2D eigenvalue weighted by Crippen LogP contribution is -2.53. The highest BCUT2D eigenvalue weighted by molar-refractivity contribution is 5.26. The van der Waals surface area contributed by atoms with Gasteiger partial charge in [-0.25, -0.2) is 0 Å². The van der Waals surface area contributed by atoms with Gasteiger partial charge in [-0.1, -0.05) is 42.7 Å². The van der Waals surface area contributed by atoms with Gasteiger partial charge < -0.3 is 10.4 Å². The molecule has 0 unspecified atom stereocenters. The number of hydrogen-bond acceptors (Lipinski definition) is 2. The van der Waals surface area contributed by atoms with Gasteiger partial charge in [0, 0.05) is 12.0 Å². The molecule has 0 aromatic heterocycles. The molecule has 2 N–H and O–H groups in total. The number of benzene rings is 1. The van der Waals surface area contributed by atoms with Crippen LogP contribution in [0.2, 0.25) is 0 Å². The summed E-state index contributed by atoms with van der Waals surface area (Å²) in [7, 11) is 0. The zero-order valence-electron chi connectivity index (χ0n) is 11.2. The van der Waals surface area contributed by atoms with Crippen molar-refractivity contribution < 1.29 is 5.11 Å². The van der Waals surface area contributed by atoms with Crippen molar-refractivity contribution in [1.29, 1.82) is 0 Å². The molecule has 1 heterocycles. The Morgan fingerprint density at radius 1 is 1.17 bits per heavy atom. The van der Waals surface area contributed by atoms with E-state index in [-0.39, 0.29) is 0 Å². The van der Waals surface area contributed by atoms with Crippen LogP contribution in [0.3, 0.4) is 0 Å². The average Bonchev–Trinajstić information content (AvgIpc) is 2.38.